The van der Waals surface area contributed by atoms with Crippen LogP contribution in [-0.2, 0) is 21.6 Å². The third-order valence-corrected chi connectivity index (χ3v) is 9.32. The van der Waals surface area contributed by atoms with Gasteiger partial charge in [0.2, 0.25) is 5.85 Å². The standard InChI is InChI=1S/C35H40F2N8O5/c1-24(2)45-33(46)44(20-35(45,38)47)28-6-4-26(5-7-28)41-13-15-42(16-14-41)27-8-10-29(11-9-27)48-18-32-49-21-34(50-32,19-43-23-39-22-40-43)30-12-3-25(36)17-31(30)37/h3-12,17,22-24,32,47H,13-16,18-21,38H2,1-2H3/t32-,34+,35?/m0/s1. The molecule has 13 nitrogen and oxygen atoms in total. The van der Waals surface area contributed by atoms with Crippen LogP contribution in [0, 0.1) is 11.6 Å². The maximum Gasteiger partial charge on any atom is 0.328 e. The van der Waals surface area contributed by atoms with Gasteiger partial charge in [-0.25, -0.2) is 23.2 Å². The van der Waals surface area contributed by atoms with Crippen LogP contribution in [-0.4, -0.2) is 94.9 Å². The number of piperazine rings is 1. The fraction of sp³-hybridized carbons (Fsp3) is 0.400. The zero-order valence-electron chi connectivity index (χ0n) is 27.9. The molecule has 0 saturated carbocycles. The second kappa shape index (κ2) is 13.5. The number of anilines is 3. The fourth-order valence-electron chi connectivity index (χ4n) is 6.90. The number of aliphatic hydroxyl groups is 1. The SMILES string of the molecule is CC(C)N1C(=O)N(c2ccc(N3CCN(c4ccc(OC[C@H]5OC[C@](Cn6cncn6)(c6ccc(F)cc6F)O5)cc4)CC3)cc2)CC1(N)O. The molecule has 3 aliphatic heterocycles. The summed E-state index contributed by atoms with van der Waals surface area (Å²) in [6.45, 7) is 7.09. The minimum Gasteiger partial charge on any atom is -0.488 e. The van der Waals surface area contributed by atoms with E-state index in [-0.39, 0.29) is 43.9 Å². The van der Waals surface area contributed by atoms with Gasteiger partial charge in [0, 0.05) is 60.9 Å². The molecule has 3 aliphatic rings. The molecule has 264 valence electrons. The number of benzene rings is 3. The van der Waals surface area contributed by atoms with Gasteiger partial charge in [0.25, 0.3) is 0 Å². The van der Waals surface area contributed by atoms with Crippen LogP contribution in [0.1, 0.15) is 19.4 Å². The highest BCUT2D eigenvalue weighted by Gasteiger charge is 2.48. The minimum atomic E-state index is -1.72. The first-order valence-electron chi connectivity index (χ1n) is 16.5. The van der Waals surface area contributed by atoms with Crippen molar-refractivity contribution < 1.29 is 32.9 Å². The molecule has 4 aromatic rings. The van der Waals surface area contributed by atoms with E-state index >= 15 is 0 Å². The summed E-state index contributed by atoms with van der Waals surface area (Å²) < 4.78 is 48.2. The first-order valence-corrected chi connectivity index (χ1v) is 16.5. The lowest BCUT2D eigenvalue weighted by atomic mass is 9.94. The van der Waals surface area contributed by atoms with E-state index in [2.05, 4.69) is 19.9 Å². The summed E-state index contributed by atoms with van der Waals surface area (Å²) >= 11 is 0. The highest BCUT2D eigenvalue weighted by Crippen LogP contribution is 2.37. The average Bonchev–Trinajstić information content (AvgIpc) is 3.82. The second-order valence-corrected chi connectivity index (χ2v) is 13.1. The summed E-state index contributed by atoms with van der Waals surface area (Å²) in [5, 5.41) is 14.7. The van der Waals surface area contributed by atoms with Gasteiger partial charge < -0.3 is 29.1 Å². The molecule has 1 unspecified atom stereocenters. The molecule has 0 bridgehead atoms. The lowest BCUT2D eigenvalue weighted by molar-refractivity contribution is -0.117. The van der Waals surface area contributed by atoms with Crippen molar-refractivity contribution in [1.29, 1.82) is 0 Å². The van der Waals surface area contributed by atoms with E-state index in [1.165, 1.54) is 39.3 Å². The molecule has 3 N–H and O–H groups in total. The zero-order valence-corrected chi connectivity index (χ0v) is 27.9. The quantitative estimate of drug-likeness (QED) is 0.238. The molecule has 2 amide bonds. The van der Waals surface area contributed by atoms with Crippen LogP contribution in [0.5, 0.6) is 5.75 Å². The highest BCUT2D eigenvalue weighted by atomic mass is 19.1. The van der Waals surface area contributed by atoms with Gasteiger partial charge in [-0.2, -0.15) is 5.10 Å². The Morgan fingerprint density at radius 3 is 2.20 bits per heavy atom. The third kappa shape index (κ3) is 6.68. The highest BCUT2D eigenvalue weighted by molar-refractivity contribution is 5.95. The predicted molar refractivity (Wildman–Crippen MR) is 181 cm³/mol. The number of β-amino-alcohol motifs (C(OH)–C–C–N with tert-alkyl or cyclic N) is 1. The van der Waals surface area contributed by atoms with Crippen molar-refractivity contribution in [2.75, 3.05) is 60.6 Å². The number of carbonyl (C=O) groups is 1. The van der Waals surface area contributed by atoms with Crippen molar-refractivity contribution >= 4 is 23.1 Å². The number of rotatable bonds is 10. The topological polar surface area (TPSA) is 135 Å². The third-order valence-electron chi connectivity index (χ3n) is 9.32. The summed E-state index contributed by atoms with van der Waals surface area (Å²) in [6, 6.07) is 18.4. The van der Waals surface area contributed by atoms with Crippen molar-refractivity contribution in [3.8, 4) is 5.75 Å². The van der Waals surface area contributed by atoms with E-state index in [1.807, 2.05) is 62.4 Å². The number of nitrogens with zero attached hydrogens (tertiary/aromatic N) is 7. The van der Waals surface area contributed by atoms with Gasteiger partial charge >= 0.3 is 6.03 Å². The summed E-state index contributed by atoms with van der Waals surface area (Å²) in [5.74, 6) is -2.50. The first-order chi connectivity index (χ1) is 24.0. The Labute approximate surface area is 288 Å². The van der Waals surface area contributed by atoms with Crippen LogP contribution < -0.4 is 25.2 Å². The Hall–Kier alpha value is -4.83. The van der Waals surface area contributed by atoms with Crippen molar-refractivity contribution in [1.82, 2.24) is 19.7 Å². The molecular formula is C35H40F2N8O5. The molecule has 0 radical (unpaired) electrons. The maximum atomic E-state index is 14.9. The number of ether oxygens (including phenoxy) is 3. The van der Waals surface area contributed by atoms with Crippen molar-refractivity contribution in [3.63, 3.8) is 0 Å². The van der Waals surface area contributed by atoms with E-state index < -0.39 is 29.4 Å². The van der Waals surface area contributed by atoms with Crippen molar-refractivity contribution in [2.24, 2.45) is 5.73 Å². The molecule has 0 spiro atoms. The van der Waals surface area contributed by atoms with E-state index in [9.17, 15) is 18.7 Å². The van der Waals surface area contributed by atoms with Crippen LogP contribution in [0.15, 0.2) is 79.4 Å². The zero-order chi connectivity index (χ0) is 35.0. The predicted octanol–water partition coefficient (Wildman–Crippen LogP) is 3.49. The summed E-state index contributed by atoms with van der Waals surface area (Å²) in [6.07, 6.45) is 2.08. The first kappa shape index (κ1) is 33.7. The minimum absolute atomic E-state index is 0.00166. The number of halogens is 2. The Kier molecular flexibility index (Phi) is 9.07. The molecule has 4 heterocycles. The smallest absolute Gasteiger partial charge is 0.328 e. The van der Waals surface area contributed by atoms with Crippen LogP contribution in [0.4, 0.5) is 30.6 Å². The Bertz CT molecular complexity index is 1790. The van der Waals surface area contributed by atoms with Gasteiger partial charge in [-0.1, -0.05) is 6.07 Å². The van der Waals surface area contributed by atoms with E-state index in [0.717, 1.165) is 43.6 Å². The second-order valence-electron chi connectivity index (χ2n) is 13.1. The number of hydrogen-bond acceptors (Lipinski definition) is 10. The Morgan fingerprint density at radius 1 is 0.980 bits per heavy atom. The maximum absolute atomic E-state index is 14.9. The van der Waals surface area contributed by atoms with Gasteiger partial charge in [-0.3, -0.25) is 15.5 Å². The molecule has 3 atom stereocenters. The molecule has 0 aliphatic carbocycles. The lowest BCUT2D eigenvalue weighted by Gasteiger charge is -2.37. The average molecular weight is 691 g/mol. The molecule has 3 fully saturated rings. The normalized spacial score (nSPS) is 24.1. The molecular weight excluding hydrogens is 650 g/mol. The summed E-state index contributed by atoms with van der Waals surface area (Å²) in [4.78, 5) is 24.3. The van der Waals surface area contributed by atoms with E-state index in [1.54, 1.807) is 0 Å². The van der Waals surface area contributed by atoms with Crippen LogP contribution in [0.25, 0.3) is 0 Å². The number of aromatic nitrogens is 3. The molecule has 3 saturated heterocycles. The van der Waals surface area contributed by atoms with Crippen LogP contribution >= 0.6 is 0 Å². The van der Waals surface area contributed by atoms with Crippen molar-refractivity contribution in [2.45, 2.75) is 44.2 Å². The lowest BCUT2D eigenvalue weighted by Crippen LogP contribution is -2.57. The van der Waals surface area contributed by atoms with Crippen LogP contribution in [0.3, 0.4) is 0 Å². The van der Waals surface area contributed by atoms with Gasteiger partial charge in [-0.15, -0.1) is 0 Å². The number of carbonyl (C=O) groups excluding carboxylic acids is 1. The summed E-state index contributed by atoms with van der Waals surface area (Å²) in [7, 11) is 0. The Morgan fingerprint density at radius 2 is 1.62 bits per heavy atom. The number of urea groups is 1. The molecule has 1 aromatic heterocycles. The van der Waals surface area contributed by atoms with Crippen LogP contribution in [0.2, 0.25) is 0 Å². The van der Waals surface area contributed by atoms with Gasteiger partial charge in [0.05, 0.1) is 19.7 Å². The van der Waals surface area contributed by atoms with Gasteiger partial charge in [0.1, 0.15) is 42.2 Å². The summed E-state index contributed by atoms with van der Waals surface area (Å²) in [5.41, 5.74) is 7.75. The molecule has 7 rings (SSSR count). The molecule has 3 aromatic carbocycles. The Balaban J connectivity index is 0.918. The van der Waals surface area contributed by atoms with E-state index in [0.29, 0.717) is 11.4 Å². The number of hydrogen-bond donors (Lipinski definition) is 2. The van der Waals surface area contributed by atoms with Gasteiger partial charge in [-0.05, 0) is 68.4 Å². The van der Waals surface area contributed by atoms with Gasteiger partial charge in [0.15, 0.2) is 6.29 Å². The number of nitrogens with two attached hydrogens (primary N) is 1. The monoisotopic (exact) mass is 690 g/mol. The molecule has 15 heteroatoms. The van der Waals surface area contributed by atoms with Crippen molar-refractivity contribution in [3.05, 3.63) is 96.6 Å². The largest absolute Gasteiger partial charge is 0.488 e. The fourth-order valence-corrected chi connectivity index (χ4v) is 6.90. The van der Waals surface area contributed by atoms with E-state index in [4.69, 9.17) is 19.9 Å². The number of amides is 2. The molecule has 50 heavy (non-hydrogen) atoms.